The van der Waals surface area contributed by atoms with Crippen molar-refractivity contribution in [2.24, 2.45) is 40.2 Å². The topological polar surface area (TPSA) is 26.0 Å². The van der Waals surface area contributed by atoms with Gasteiger partial charge in [-0.3, -0.25) is 0 Å². The maximum atomic E-state index is 7.06. The highest BCUT2D eigenvalue weighted by Gasteiger charge is 2.61. The van der Waals surface area contributed by atoms with Gasteiger partial charge in [0, 0.05) is 5.54 Å². The molecule has 26 heavy (non-hydrogen) atoms. The van der Waals surface area contributed by atoms with Gasteiger partial charge in [0.2, 0.25) is 0 Å². The Bertz CT molecular complexity index is 473. The molecule has 0 amide bonds. The Balaban J connectivity index is 0.00000121. The maximum Gasteiger partial charge on any atom is 0.0211 e. The maximum absolute atomic E-state index is 7.06. The minimum Gasteiger partial charge on any atom is -0.325 e. The molecule has 154 valence electrons. The molecule has 4 rings (SSSR count). The molecule has 1 heteroatoms. The van der Waals surface area contributed by atoms with Crippen LogP contribution in [-0.2, 0) is 0 Å². The van der Waals surface area contributed by atoms with E-state index in [-0.39, 0.29) is 20.4 Å². The average Bonchev–Trinajstić information content (AvgIpc) is 2.91. The van der Waals surface area contributed by atoms with Crippen molar-refractivity contribution in [2.75, 3.05) is 0 Å². The van der Waals surface area contributed by atoms with Crippen molar-refractivity contribution in [3.05, 3.63) is 0 Å². The van der Waals surface area contributed by atoms with Gasteiger partial charge in [-0.2, -0.15) is 0 Å². The first-order valence-corrected chi connectivity index (χ1v) is 11.2. The molecular formula is C25H49N. The Hall–Kier alpha value is -0.0400. The summed E-state index contributed by atoms with van der Waals surface area (Å²) in [5, 5.41) is 0. The Morgan fingerprint density at radius 3 is 2.15 bits per heavy atom. The molecule has 4 aliphatic carbocycles. The summed E-state index contributed by atoms with van der Waals surface area (Å²) < 4.78 is 0. The highest BCUT2D eigenvalue weighted by atomic mass is 14.8. The van der Waals surface area contributed by atoms with Crippen LogP contribution in [0.2, 0.25) is 0 Å². The summed E-state index contributed by atoms with van der Waals surface area (Å²) in [5.41, 5.74) is 8.34. The molecular weight excluding hydrogens is 314 g/mol. The first kappa shape index (κ1) is 22.3. The molecule has 0 aromatic heterocycles. The van der Waals surface area contributed by atoms with Crippen LogP contribution in [0, 0.1) is 34.5 Å². The third-order valence-corrected chi connectivity index (χ3v) is 9.87. The molecule has 4 aliphatic rings. The smallest absolute Gasteiger partial charge is 0.0211 e. The number of unbranched alkanes of at least 4 members (excludes halogenated alkanes) is 1. The minimum atomic E-state index is 0. The van der Waals surface area contributed by atoms with E-state index in [0.717, 1.165) is 23.7 Å². The largest absolute Gasteiger partial charge is 0.325 e. The van der Waals surface area contributed by atoms with E-state index in [1.807, 2.05) is 0 Å². The first-order valence-electron chi connectivity index (χ1n) is 11.2. The summed E-state index contributed by atoms with van der Waals surface area (Å²) in [6, 6.07) is 0. The highest BCUT2D eigenvalue weighted by molar-refractivity contribution is 5.14. The Kier molecular flexibility index (Phi) is 6.64. The normalized spacial score (nSPS) is 49.8. The molecule has 0 saturated heterocycles. The second-order valence-corrected chi connectivity index (χ2v) is 10.7. The zero-order valence-electron chi connectivity index (χ0n) is 16.6. The van der Waals surface area contributed by atoms with Gasteiger partial charge in [0.1, 0.15) is 0 Å². The van der Waals surface area contributed by atoms with E-state index in [0.29, 0.717) is 10.8 Å². The monoisotopic (exact) mass is 363 g/mol. The molecule has 0 spiro atoms. The van der Waals surface area contributed by atoms with Crippen LogP contribution in [0.25, 0.3) is 0 Å². The van der Waals surface area contributed by atoms with Gasteiger partial charge in [0.05, 0.1) is 0 Å². The van der Waals surface area contributed by atoms with Gasteiger partial charge >= 0.3 is 0 Å². The fourth-order valence-electron chi connectivity index (χ4n) is 8.30. The Morgan fingerprint density at radius 1 is 0.808 bits per heavy atom. The summed E-state index contributed by atoms with van der Waals surface area (Å²) in [7, 11) is 0. The van der Waals surface area contributed by atoms with Crippen LogP contribution in [0.4, 0.5) is 0 Å². The second kappa shape index (κ2) is 7.76. The van der Waals surface area contributed by atoms with Crippen LogP contribution in [-0.4, -0.2) is 5.54 Å². The Labute approximate surface area is 165 Å². The summed E-state index contributed by atoms with van der Waals surface area (Å²) in [4.78, 5) is 0. The zero-order valence-corrected chi connectivity index (χ0v) is 16.6. The van der Waals surface area contributed by atoms with Crippen LogP contribution in [0.3, 0.4) is 0 Å². The number of rotatable bonds is 3. The van der Waals surface area contributed by atoms with Crippen molar-refractivity contribution >= 4 is 0 Å². The van der Waals surface area contributed by atoms with Gasteiger partial charge in [0.15, 0.2) is 0 Å². The summed E-state index contributed by atoms with van der Waals surface area (Å²) in [6.07, 6.45) is 18.6. The Morgan fingerprint density at radius 2 is 1.42 bits per heavy atom. The van der Waals surface area contributed by atoms with E-state index in [9.17, 15) is 0 Å². The molecule has 7 unspecified atom stereocenters. The van der Waals surface area contributed by atoms with Crippen molar-refractivity contribution < 1.29 is 0 Å². The number of nitrogens with two attached hydrogens (primary N) is 1. The minimum absolute atomic E-state index is 0. The van der Waals surface area contributed by atoms with E-state index < -0.39 is 0 Å². The van der Waals surface area contributed by atoms with Crippen molar-refractivity contribution in [3.8, 4) is 0 Å². The zero-order chi connectivity index (χ0) is 17.0. The molecule has 0 aliphatic heterocycles. The van der Waals surface area contributed by atoms with Crippen LogP contribution >= 0.6 is 0 Å². The molecule has 4 fully saturated rings. The highest BCUT2D eigenvalue weighted by Crippen LogP contribution is 2.66. The molecule has 0 heterocycles. The van der Waals surface area contributed by atoms with Gasteiger partial charge < -0.3 is 5.73 Å². The third-order valence-electron chi connectivity index (χ3n) is 9.87. The van der Waals surface area contributed by atoms with Crippen LogP contribution in [0.5, 0.6) is 0 Å². The lowest BCUT2D eigenvalue weighted by Crippen LogP contribution is -2.64. The number of hydrogen-bond acceptors (Lipinski definition) is 1. The number of fused-ring (bicyclic) bond motifs is 5. The molecule has 0 aromatic rings. The molecule has 0 bridgehead atoms. The predicted molar refractivity (Wildman–Crippen MR) is 116 cm³/mol. The molecule has 4 saturated carbocycles. The fourth-order valence-corrected chi connectivity index (χ4v) is 8.30. The molecule has 0 aromatic carbocycles. The van der Waals surface area contributed by atoms with Crippen molar-refractivity contribution in [1.29, 1.82) is 0 Å². The number of hydrogen-bond donors (Lipinski definition) is 1. The van der Waals surface area contributed by atoms with E-state index in [4.69, 9.17) is 5.73 Å². The van der Waals surface area contributed by atoms with E-state index >= 15 is 0 Å². The van der Waals surface area contributed by atoms with Gasteiger partial charge in [-0.15, -0.1) is 0 Å². The summed E-state index contributed by atoms with van der Waals surface area (Å²) >= 11 is 0. The molecule has 0 radical (unpaired) electrons. The van der Waals surface area contributed by atoms with Gasteiger partial charge in [-0.1, -0.05) is 61.3 Å². The standard InChI is InChI=1S/C23H41N.2CH4/c1-4-5-12-21(2)15-10-17-18-11-16-23(24)14-7-6-13-22(23,3)20(18)9-8-19(17)21;;/h17-20H,4-16,24H2,1-3H3;2*1H4. The van der Waals surface area contributed by atoms with Crippen molar-refractivity contribution in [3.63, 3.8) is 0 Å². The van der Waals surface area contributed by atoms with E-state index in [1.165, 1.54) is 83.5 Å². The second-order valence-electron chi connectivity index (χ2n) is 10.7. The van der Waals surface area contributed by atoms with E-state index in [2.05, 4.69) is 20.8 Å². The van der Waals surface area contributed by atoms with Crippen molar-refractivity contribution in [2.45, 2.75) is 125 Å². The molecule has 1 nitrogen and oxygen atoms in total. The van der Waals surface area contributed by atoms with Gasteiger partial charge in [-0.05, 0) is 92.3 Å². The molecule has 7 atom stereocenters. The van der Waals surface area contributed by atoms with Gasteiger partial charge in [0.25, 0.3) is 0 Å². The molecule has 2 N–H and O–H groups in total. The lowest BCUT2D eigenvalue weighted by atomic mass is 9.44. The van der Waals surface area contributed by atoms with Gasteiger partial charge in [-0.25, -0.2) is 0 Å². The van der Waals surface area contributed by atoms with Crippen molar-refractivity contribution in [1.82, 2.24) is 0 Å². The third kappa shape index (κ3) is 3.09. The predicted octanol–water partition coefficient (Wildman–Crippen LogP) is 7.58. The first-order chi connectivity index (χ1) is 11.4. The quantitative estimate of drug-likeness (QED) is 0.549. The fraction of sp³-hybridized carbons (Fsp3) is 1.00. The summed E-state index contributed by atoms with van der Waals surface area (Å²) in [5.74, 6) is 4.01. The lowest BCUT2D eigenvalue weighted by Gasteiger charge is -2.63. The van der Waals surface area contributed by atoms with Crippen LogP contribution in [0.1, 0.15) is 119 Å². The average molecular weight is 364 g/mol. The lowest BCUT2D eigenvalue weighted by molar-refractivity contribution is -0.106. The van der Waals surface area contributed by atoms with Crippen LogP contribution in [0.15, 0.2) is 0 Å². The SMILES string of the molecule is C.C.CCCCC1(C)CCC2C3CCC4(N)CCCCC4(C)C3CCC21. The summed E-state index contributed by atoms with van der Waals surface area (Å²) in [6.45, 7) is 7.61. The van der Waals surface area contributed by atoms with Crippen LogP contribution < -0.4 is 5.73 Å². The van der Waals surface area contributed by atoms with E-state index in [1.54, 1.807) is 0 Å².